The monoisotopic (exact) mass is 288 g/mol. The van der Waals surface area contributed by atoms with E-state index in [-0.39, 0.29) is 36.4 Å². The highest BCUT2D eigenvalue weighted by molar-refractivity contribution is 5.97. The van der Waals surface area contributed by atoms with Gasteiger partial charge in [0.25, 0.3) is 0 Å². The summed E-state index contributed by atoms with van der Waals surface area (Å²) in [7, 11) is 0. The number of nitrogens with zero attached hydrogens (tertiary/aromatic N) is 1. The standard InChI is InChI=1S/C16H17FN2O2/c1-11-7-15(20)19(16(21)8-11)10-12-4-5-14(17)13(9-12)3-2-6-18/h4-5,9,11H,6-8,10,18H2,1H3. The van der Waals surface area contributed by atoms with Crippen molar-refractivity contribution in [2.45, 2.75) is 26.3 Å². The van der Waals surface area contributed by atoms with E-state index < -0.39 is 5.82 Å². The highest BCUT2D eigenvalue weighted by Crippen LogP contribution is 2.21. The fraction of sp³-hybridized carbons (Fsp3) is 0.375. The third-order valence-corrected chi connectivity index (χ3v) is 3.34. The van der Waals surface area contributed by atoms with Gasteiger partial charge in [0.05, 0.1) is 18.7 Å². The van der Waals surface area contributed by atoms with Crippen molar-refractivity contribution < 1.29 is 14.0 Å². The molecule has 0 atom stereocenters. The molecule has 2 amide bonds. The van der Waals surface area contributed by atoms with Gasteiger partial charge in [0.2, 0.25) is 11.8 Å². The topological polar surface area (TPSA) is 63.4 Å². The normalized spacial score (nSPS) is 15.9. The summed E-state index contributed by atoms with van der Waals surface area (Å²) in [6.45, 7) is 2.18. The van der Waals surface area contributed by atoms with Crippen LogP contribution in [0, 0.1) is 23.6 Å². The molecule has 4 nitrogen and oxygen atoms in total. The summed E-state index contributed by atoms with van der Waals surface area (Å²) in [4.78, 5) is 25.1. The Balaban J connectivity index is 2.19. The predicted octanol–water partition coefficient (Wildman–Crippen LogP) is 1.42. The van der Waals surface area contributed by atoms with E-state index in [1.165, 1.54) is 11.0 Å². The zero-order chi connectivity index (χ0) is 15.4. The molecule has 110 valence electrons. The molecule has 0 aliphatic carbocycles. The molecule has 2 N–H and O–H groups in total. The van der Waals surface area contributed by atoms with Gasteiger partial charge in [-0.3, -0.25) is 14.5 Å². The molecule has 2 rings (SSSR count). The molecule has 1 aliphatic rings. The van der Waals surface area contributed by atoms with E-state index in [2.05, 4.69) is 11.8 Å². The number of benzene rings is 1. The molecular formula is C16H17FN2O2. The van der Waals surface area contributed by atoms with Crippen molar-refractivity contribution in [3.05, 3.63) is 35.1 Å². The van der Waals surface area contributed by atoms with Crippen LogP contribution in [0.25, 0.3) is 0 Å². The Labute approximate surface area is 123 Å². The average Bonchev–Trinajstić information content (AvgIpc) is 2.43. The fourth-order valence-corrected chi connectivity index (χ4v) is 2.30. The van der Waals surface area contributed by atoms with Gasteiger partial charge in [0.15, 0.2) is 0 Å². The second-order valence-electron chi connectivity index (χ2n) is 5.21. The highest BCUT2D eigenvalue weighted by atomic mass is 19.1. The molecule has 0 unspecified atom stereocenters. The fourth-order valence-electron chi connectivity index (χ4n) is 2.30. The van der Waals surface area contributed by atoms with Crippen molar-refractivity contribution >= 4 is 11.8 Å². The SMILES string of the molecule is CC1CC(=O)N(Cc2ccc(F)c(C#CCN)c2)C(=O)C1. The predicted molar refractivity (Wildman–Crippen MR) is 76.3 cm³/mol. The lowest BCUT2D eigenvalue weighted by Gasteiger charge is -2.28. The lowest BCUT2D eigenvalue weighted by atomic mass is 9.97. The molecule has 0 aromatic heterocycles. The third-order valence-electron chi connectivity index (χ3n) is 3.34. The number of hydrogen-bond acceptors (Lipinski definition) is 3. The molecule has 1 heterocycles. The van der Waals surface area contributed by atoms with Gasteiger partial charge in [0, 0.05) is 12.8 Å². The van der Waals surface area contributed by atoms with Crippen LogP contribution in [-0.2, 0) is 16.1 Å². The number of halogens is 1. The summed E-state index contributed by atoms with van der Waals surface area (Å²) in [6.07, 6.45) is 0.736. The number of amides is 2. The number of carbonyl (C=O) groups is 2. The van der Waals surface area contributed by atoms with Crippen molar-refractivity contribution in [2.75, 3.05) is 6.54 Å². The van der Waals surface area contributed by atoms with Crippen LogP contribution >= 0.6 is 0 Å². The first-order valence-corrected chi connectivity index (χ1v) is 6.82. The van der Waals surface area contributed by atoms with Gasteiger partial charge in [-0.25, -0.2) is 4.39 Å². The molecule has 5 heteroatoms. The molecule has 1 aliphatic heterocycles. The van der Waals surface area contributed by atoms with Crippen LogP contribution in [0.5, 0.6) is 0 Å². The van der Waals surface area contributed by atoms with Crippen LogP contribution in [-0.4, -0.2) is 23.3 Å². The Morgan fingerprint density at radius 3 is 2.62 bits per heavy atom. The van der Waals surface area contributed by atoms with Crippen LogP contribution in [0.4, 0.5) is 4.39 Å². The molecule has 0 spiro atoms. The lowest BCUT2D eigenvalue weighted by molar-refractivity contribution is -0.150. The van der Waals surface area contributed by atoms with Gasteiger partial charge in [0.1, 0.15) is 5.82 Å². The van der Waals surface area contributed by atoms with Crippen LogP contribution in [0.2, 0.25) is 0 Å². The number of rotatable bonds is 2. The first kappa shape index (κ1) is 15.2. The summed E-state index contributed by atoms with van der Waals surface area (Å²) in [5, 5.41) is 0. The maximum absolute atomic E-state index is 13.6. The minimum absolute atomic E-state index is 0.0837. The molecule has 0 saturated carbocycles. The van der Waals surface area contributed by atoms with E-state index in [9.17, 15) is 14.0 Å². The smallest absolute Gasteiger partial charge is 0.229 e. The number of likely N-dealkylation sites (tertiary alicyclic amines) is 1. The summed E-state index contributed by atoms with van der Waals surface area (Å²) >= 11 is 0. The Kier molecular flexibility index (Phi) is 4.71. The molecule has 1 aromatic rings. The first-order valence-electron chi connectivity index (χ1n) is 6.82. The van der Waals surface area contributed by atoms with E-state index in [4.69, 9.17) is 5.73 Å². The average molecular weight is 288 g/mol. The second-order valence-corrected chi connectivity index (χ2v) is 5.21. The molecule has 21 heavy (non-hydrogen) atoms. The molecular weight excluding hydrogens is 271 g/mol. The highest BCUT2D eigenvalue weighted by Gasteiger charge is 2.30. The molecule has 1 aromatic carbocycles. The minimum Gasteiger partial charge on any atom is -0.320 e. The Hall–Kier alpha value is -2.19. The second kappa shape index (κ2) is 6.51. The van der Waals surface area contributed by atoms with Crippen molar-refractivity contribution in [3.8, 4) is 11.8 Å². The van der Waals surface area contributed by atoms with Crippen molar-refractivity contribution in [1.29, 1.82) is 0 Å². The Morgan fingerprint density at radius 1 is 1.33 bits per heavy atom. The largest absolute Gasteiger partial charge is 0.320 e. The minimum atomic E-state index is -0.440. The molecule has 1 saturated heterocycles. The van der Waals surface area contributed by atoms with E-state index in [0.717, 1.165) is 0 Å². The molecule has 0 bridgehead atoms. The third kappa shape index (κ3) is 3.67. The van der Waals surface area contributed by atoms with Crippen molar-refractivity contribution in [1.82, 2.24) is 4.90 Å². The maximum Gasteiger partial charge on any atom is 0.229 e. The molecule has 1 fully saturated rings. The number of hydrogen-bond donors (Lipinski definition) is 1. The van der Waals surface area contributed by atoms with Crippen LogP contribution in [0.3, 0.4) is 0 Å². The number of carbonyl (C=O) groups excluding carboxylic acids is 2. The molecule has 0 radical (unpaired) electrons. The van der Waals surface area contributed by atoms with Gasteiger partial charge in [-0.05, 0) is 23.6 Å². The summed E-state index contributed by atoms with van der Waals surface area (Å²) in [5.74, 6) is 4.51. The van der Waals surface area contributed by atoms with Gasteiger partial charge in [-0.15, -0.1) is 0 Å². The van der Waals surface area contributed by atoms with E-state index in [0.29, 0.717) is 18.4 Å². The van der Waals surface area contributed by atoms with Gasteiger partial charge >= 0.3 is 0 Å². The first-order chi connectivity index (χ1) is 10.0. The maximum atomic E-state index is 13.6. The van der Waals surface area contributed by atoms with Gasteiger partial charge in [-0.2, -0.15) is 0 Å². The van der Waals surface area contributed by atoms with Gasteiger partial charge < -0.3 is 5.73 Å². The quantitative estimate of drug-likeness (QED) is 0.661. The van der Waals surface area contributed by atoms with E-state index in [1.54, 1.807) is 12.1 Å². The number of piperidine rings is 1. The van der Waals surface area contributed by atoms with Crippen LogP contribution < -0.4 is 5.73 Å². The van der Waals surface area contributed by atoms with Crippen molar-refractivity contribution in [2.24, 2.45) is 11.7 Å². The number of imide groups is 1. The number of nitrogens with two attached hydrogens (primary N) is 1. The van der Waals surface area contributed by atoms with Crippen molar-refractivity contribution in [3.63, 3.8) is 0 Å². The zero-order valence-corrected chi connectivity index (χ0v) is 11.9. The van der Waals surface area contributed by atoms with Crippen LogP contribution in [0.15, 0.2) is 18.2 Å². The summed E-state index contributed by atoms with van der Waals surface area (Å²) in [5.41, 5.74) is 6.17. The van der Waals surface area contributed by atoms with Crippen LogP contribution in [0.1, 0.15) is 30.9 Å². The van der Waals surface area contributed by atoms with E-state index >= 15 is 0 Å². The summed E-state index contributed by atoms with van der Waals surface area (Å²) < 4.78 is 13.6. The van der Waals surface area contributed by atoms with Gasteiger partial charge in [-0.1, -0.05) is 24.8 Å². The summed E-state index contributed by atoms with van der Waals surface area (Å²) in [6, 6.07) is 4.40. The Morgan fingerprint density at radius 2 is 2.00 bits per heavy atom. The Bertz CT molecular complexity index is 613. The zero-order valence-electron chi connectivity index (χ0n) is 11.9. The van der Waals surface area contributed by atoms with E-state index in [1.807, 2.05) is 6.92 Å². The lowest BCUT2D eigenvalue weighted by Crippen LogP contribution is -2.42.